The van der Waals surface area contributed by atoms with Crippen LogP contribution in [-0.2, 0) is 0 Å². The third-order valence-electron chi connectivity index (χ3n) is 5.36. The molecule has 0 bridgehead atoms. The van der Waals surface area contributed by atoms with Crippen LogP contribution in [0.15, 0.2) is 60.4 Å². The predicted octanol–water partition coefficient (Wildman–Crippen LogP) is 3.16. The lowest BCUT2D eigenvalue weighted by atomic mass is 10.1. The second kappa shape index (κ2) is 7.42. The zero-order chi connectivity index (χ0) is 17.9. The summed E-state index contributed by atoms with van der Waals surface area (Å²) in [7, 11) is 0. The van der Waals surface area contributed by atoms with E-state index < -0.39 is 0 Å². The van der Waals surface area contributed by atoms with Gasteiger partial charge in [0.25, 0.3) is 0 Å². The fourth-order valence-corrected chi connectivity index (χ4v) is 3.82. The Bertz CT molecular complexity index is 776. The maximum Gasteiger partial charge on any atom is 0.122 e. The minimum atomic E-state index is 0.197. The van der Waals surface area contributed by atoms with Crippen molar-refractivity contribution in [2.45, 2.75) is 20.0 Å². The first-order valence-corrected chi connectivity index (χ1v) is 9.50. The molecule has 1 unspecified atom stereocenters. The van der Waals surface area contributed by atoms with E-state index in [1.54, 1.807) is 0 Å². The smallest absolute Gasteiger partial charge is 0.122 e. The van der Waals surface area contributed by atoms with Gasteiger partial charge in [0.1, 0.15) is 6.17 Å². The number of hydrogen-bond acceptors (Lipinski definition) is 4. The van der Waals surface area contributed by atoms with Crippen molar-refractivity contribution in [3.05, 3.63) is 77.1 Å². The lowest BCUT2D eigenvalue weighted by Crippen LogP contribution is -2.47. The van der Waals surface area contributed by atoms with Crippen molar-refractivity contribution in [2.24, 2.45) is 0 Å². The number of anilines is 1. The van der Waals surface area contributed by atoms with Crippen molar-refractivity contribution in [1.82, 2.24) is 15.5 Å². The Kier molecular flexibility index (Phi) is 4.85. The van der Waals surface area contributed by atoms with Gasteiger partial charge in [-0.15, -0.1) is 0 Å². The topological polar surface area (TPSA) is 30.5 Å². The molecule has 136 valence electrons. The lowest BCUT2D eigenvalue weighted by Gasteiger charge is -2.37. The van der Waals surface area contributed by atoms with Crippen molar-refractivity contribution < 1.29 is 0 Å². The summed E-state index contributed by atoms with van der Waals surface area (Å²) in [5, 5.41) is 7.06. The molecule has 2 N–H and O–H groups in total. The van der Waals surface area contributed by atoms with Gasteiger partial charge in [-0.05, 0) is 36.6 Å². The molecular weight excluding hydrogens is 320 g/mol. The van der Waals surface area contributed by atoms with Gasteiger partial charge >= 0.3 is 0 Å². The van der Waals surface area contributed by atoms with Crippen molar-refractivity contribution in [3.8, 4) is 0 Å². The van der Waals surface area contributed by atoms with E-state index in [0.29, 0.717) is 0 Å². The first-order chi connectivity index (χ1) is 12.7. The minimum absolute atomic E-state index is 0.197. The minimum Gasteiger partial charge on any atom is -0.369 e. The molecule has 0 amide bonds. The van der Waals surface area contributed by atoms with E-state index in [1.165, 1.54) is 28.1 Å². The average Bonchev–Trinajstić information content (AvgIpc) is 3.14. The molecule has 1 saturated heterocycles. The summed E-state index contributed by atoms with van der Waals surface area (Å²) in [6, 6.07) is 17.3. The number of nitrogens with zero attached hydrogens (tertiary/aromatic N) is 2. The highest BCUT2D eigenvalue weighted by molar-refractivity contribution is 5.55. The molecule has 4 heteroatoms. The van der Waals surface area contributed by atoms with Gasteiger partial charge in [-0.3, -0.25) is 4.90 Å². The molecule has 2 heterocycles. The number of rotatable bonds is 4. The zero-order valence-corrected chi connectivity index (χ0v) is 15.7. The fraction of sp³-hybridized carbons (Fsp3) is 0.364. The third kappa shape index (κ3) is 3.70. The number of nitrogens with one attached hydrogen (secondary N) is 2. The normalized spacial score (nSPS) is 20.5. The largest absolute Gasteiger partial charge is 0.369 e. The summed E-state index contributed by atoms with van der Waals surface area (Å²) in [4.78, 5) is 5.07. The monoisotopic (exact) mass is 348 g/mol. The van der Waals surface area contributed by atoms with Gasteiger partial charge in [0.2, 0.25) is 0 Å². The Morgan fingerprint density at radius 3 is 2.50 bits per heavy atom. The molecule has 2 aromatic rings. The van der Waals surface area contributed by atoms with Gasteiger partial charge in [0, 0.05) is 50.3 Å². The zero-order valence-electron chi connectivity index (χ0n) is 15.7. The van der Waals surface area contributed by atoms with Crippen LogP contribution in [-0.4, -0.2) is 37.6 Å². The molecule has 4 rings (SSSR count). The molecule has 0 aromatic heterocycles. The highest BCUT2D eigenvalue weighted by Crippen LogP contribution is 2.23. The molecule has 0 aliphatic carbocycles. The molecule has 2 aromatic carbocycles. The van der Waals surface area contributed by atoms with E-state index in [0.717, 1.165) is 32.7 Å². The van der Waals surface area contributed by atoms with Crippen LogP contribution < -0.4 is 15.5 Å². The first kappa shape index (κ1) is 17.0. The van der Waals surface area contributed by atoms with Gasteiger partial charge in [0.15, 0.2) is 0 Å². The van der Waals surface area contributed by atoms with Crippen LogP contribution >= 0.6 is 0 Å². The fourth-order valence-electron chi connectivity index (χ4n) is 3.82. The average molecular weight is 348 g/mol. The Hall–Kier alpha value is -2.46. The summed E-state index contributed by atoms with van der Waals surface area (Å²) in [5.74, 6) is 0. The van der Waals surface area contributed by atoms with Crippen LogP contribution in [0.25, 0.3) is 0 Å². The van der Waals surface area contributed by atoms with E-state index >= 15 is 0 Å². The van der Waals surface area contributed by atoms with Gasteiger partial charge in [0.05, 0.1) is 0 Å². The van der Waals surface area contributed by atoms with Crippen LogP contribution in [0.3, 0.4) is 0 Å². The molecule has 2 aliphatic heterocycles. The molecule has 0 saturated carbocycles. The van der Waals surface area contributed by atoms with Crippen molar-refractivity contribution >= 4 is 5.69 Å². The van der Waals surface area contributed by atoms with E-state index in [-0.39, 0.29) is 6.17 Å². The van der Waals surface area contributed by atoms with E-state index in [9.17, 15) is 0 Å². The highest BCUT2D eigenvalue weighted by Gasteiger charge is 2.22. The van der Waals surface area contributed by atoms with E-state index in [1.807, 2.05) is 0 Å². The number of benzene rings is 2. The SMILES string of the molecule is Cc1ccc(C)c(N2CCN(CC3=CNC(c4ccccc4)N3)CC2)c1. The number of aryl methyl sites for hydroxylation is 2. The van der Waals surface area contributed by atoms with Crippen molar-refractivity contribution in [3.63, 3.8) is 0 Å². The van der Waals surface area contributed by atoms with Crippen molar-refractivity contribution in [2.75, 3.05) is 37.6 Å². The Labute approximate surface area is 156 Å². The van der Waals surface area contributed by atoms with Gasteiger partial charge in [-0.25, -0.2) is 0 Å². The summed E-state index contributed by atoms with van der Waals surface area (Å²) >= 11 is 0. The molecule has 26 heavy (non-hydrogen) atoms. The Balaban J connectivity index is 1.30. The molecule has 2 aliphatic rings. The van der Waals surface area contributed by atoms with Crippen LogP contribution in [0, 0.1) is 13.8 Å². The number of hydrogen-bond donors (Lipinski definition) is 2. The second-order valence-corrected chi connectivity index (χ2v) is 7.38. The first-order valence-electron chi connectivity index (χ1n) is 9.50. The maximum absolute atomic E-state index is 3.61. The molecule has 1 atom stereocenters. The molecule has 1 fully saturated rings. The lowest BCUT2D eigenvalue weighted by molar-refractivity contribution is 0.273. The Morgan fingerprint density at radius 2 is 1.73 bits per heavy atom. The van der Waals surface area contributed by atoms with Crippen molar-refractivity contribution in [1.29, 1.82) is 0 Å². The summed E-state index contributed by atoms with van der Waals surface area (Å²) in [5.41, 5.74) is 6.66. The maximum atomic E-state index is 3.61. The van der Waals surface area contributed by atoms with Crippen LogP contribution in [0.2, 0.25) is 0 Å². The van der Waals surface area contributed by atoms with E-state index in [2.05, 4.69) is 89.0 Å². The summed E-state index contributed by atoms with van der Waals surface area (Å²) in [6.07, 6.45) is 2.33. The molecule has 4 nitrogen and oxygen atoms in total. The van der Waals surface area contributed by atoms with Crippen LogP contribution in [0.5, 0.6) is 0 Å². The predicted molar refractivity (Wildman–Crippen MR) is 108 cm³/mol. The standard InChI is InChI=1S/C22H28N4/c1-17-8-9-18(2)21(14-17)26-12-10-25(11-13-26)16-20-15-23-22(24-20)19-6-4-3-5-7-19/h3-9,14-15,22-24H,10-13,16H2,1-2H3. The Morgan fingerprint density at radius 1 is 0.962 bits per heavy atom. The van der Waals surface area contributed by atoms with Crippen LogP contribution in [0.1, 0.15) is 22.9 Å². The van der Waals surface area contributed by atoms with Gasteiger partial charge in [-0.1, -0.05) is 42.5 Å². The van der Waals surface area contributed by atoms with Gasteiger partial charge < -0.3 is 15.5 Å². The molecule has 0 radical (unpaired) electrons. The summed E-state index contributed by atoms with van der Waals surface area (Å²) < 4.78 is 0. The van der Waals surface area contributed by atoms with Gasteiger partial charge in [-0.2, -0.15) is 0 Å². The molecular formula is C22H28N4. The highest BCUT2D eigenvalue weighted by atomic mass is 15.3. The van der Waals surface area contributed by atoms with E-state index in [4.69, 9.17) is 0 Å². The quantitative estimate of drug-likeness (QED) is 0.889. The second-order valence-electron chi connectivity index (χ2n) is 7.38. The van der Waals surface area contributed by atoms with Crippen LogP contribution in [0.4, 0.5) is 5.69 Å². The third-order valence-corrected chi connectivity index (χ3v) is 5.36. The number of piperazine rings is 1. The summed E-state index contributed by atoms with van der Waals surface area (Å²) in [6.45, 7) is 9.75. The molecule has 0 spiro atoms.